The van der Waals surface area contributed by atoms with Crippen LogP contribution in [0.2, 0.25) is 0 Å². The number of ether oxygens (including phenoxy) is 2. The number of allylic oxidation sites excluding steroid dienone is 4. The summed E-state index contributed by atoms with van der Waals surface area (Å²) in [5.41, 5.74) is 1.50. The molecule has 0 N–H and O–H groups in total. The highest BCUT2D eigenvalue weighted by Crippen LogP contribution is 2.31. The van der Waals surface area contributed by atoms with Gasteiger partial charge in [-0.05, 0) is 39.5 Å². The van der Waals surface area contributed by atoms with E-state index in [1.165, 1.54) is 6.08 Å². The van der Waals surface area contributed by atoms with Crippen molar-refractivity contribution in [3.8, 4) is 0 Å². The first-order chi connectivity index (χ1) is 16.4. The first-order valence-electron chi connectivity index (χ1n) is 11.4. The van der Waals surface area contributed by atoms with Gasteiger partial charge in [0.15, 0.2) is 5.65 Å². The van der Waals surface area contributed by atoms with E-state index in [1.54, 1.807) is 6.08 Å². The standard InChI is InChI=1S/C24H30N6O4/c1-5-6-19(13-16(2)30(31)32)21-8-7-20-22(25-21)26-24(29-10-12-34-15-18(29)4)27-23(20)28-9-11-33-14-17(28)3/h5-8,13,17-18H,2,9-12,14-15H2,1,3-4H3/b6-5-,19-13+/t17-,18-/m0/s1. The Bertz CT molecular complexity index is 1150. The number of hydrogen-bond acceptors (Lipinski definition) is 9. The Balaban J connectivity index is 1.87. The molecule has 2 fully saturated rings. The molecule has 4 heterocycles. The van der Waals surface area contributed by atoms with Gasteiger partial charge in [-0.25, -0.2) is 4.98 Å². The Morgan fingerprint density at radius 3 is 2.41 bits per heavy atom. The van der Waals surface area contributed by atoms with E-state index in [-0.39, 0.29) is 17.8 Å². The summed E-state index contributed by atoms with van der Waals surface area (Å²) in [5.74, 6) is 1.42. The fourth-order valence-electron chi connectivity index (χ4n) is 4.18. The largest absolute Gasteiger partial charge is 0.377 e. The molecule has 10 heteroatoms. The molecule has 2 atom stereocenters. The number of morpholine rings is 2. The highest BCUT2D eigenvalue weighted by Gasteiger charge is 2.27. The van der Waals surface area contributed by atoms with Crippen LogP contribution in [0.25, 0.3) is 16.6 Å². The van der Waals surface area contributed by atoms with Gasteiger partial charge in [-0.2, -0.15) is 9.97 Å². The Morgan fingerprint density at radius 2 is 1.79 bits per heavy atom. The molecule has 0 amide bonds. The second-order valence-electron chi connectivity index (χ2n) is 8.50. The van der Waals surface area contributed by atoms with E-state index in [1.807, 2.05) is 25.1 Å². The third-order valence-electron chi connectivity index (χ3n) is 5.99. The quantitative estimate of drug-likeness (QED) is 0.360. The van der Waals surface area contributed by atoms with E-state index in [0.29, 0.717) is 55.8 Å². The van der Waals surface area contributed by atoms with Gasteiger partial charge in [0.1, 0.15) is 5.82 Å². The van der Waals surface area contributed by atoms with E-state index >= 15 is 0 Å². The van der Waals surface area contributed by atoms with Crippen LogP contribution in [0, 0.1) is 10.1 Å². The molecule has 2 aromatic rings. The molecule has 0 aromatic carbocycles. The maximum absolute atomic E-state index is 11.1. The second kappa shape index (κ2) is 10.3. The van der Waals surface area contributed by atoms with E-state index < -0.39 is 4.92 Å². The van der Waals surface area contributed by atoms with Crippen LogP contribution in [-0.2, 0) is 9.47 Å². The summed E-state index contributed by atoms with van der Waals surface area (Å²) in [6.07, 6.45) is 5.01. The van der Waals surface area contributed by atoms with Crippen LogP contribution in [0.4, 0.5) is 11.8 Å². The number of pyridine rings is 1. The summed E-state index contributed by atoms with van der Waals surface area (Å²) in [5, 5.41) is 12.0. The fourth-order valence-corrected chi connectivity index (χ4v) is 4.18. The molecule has 180 valence electrons. The summed E-state index contributed by atoms with van der Waals surface area (Å²) in [7, 11) is 0. The molecular weight excluding hydrogens is 436 g/mol. The van der Waals surface area contributed by atoms with Crippen molar-refractivity contribution >= 4 is 28.4 Å². The molecule has 2 aliphatic rings. The molecular formula is C24H30N6O4. The van der Waals surface area contributed by atoms with Crippen LogP contribution < -0.4 is 9.80 Å². The van der Waals surface area contributed by atoms with Crippen molar-refractivity contribution in [2.75, 3.05) is 49.3 Å². The second-order valence-corrected chi connectivity index (χ2v) is 8.50. The summed E-state index contributed by atoms with van der Waals surface area (Å²) in [6, 6.07) is 4.07. The number of rotatable bonds is 6. The first-order valence-corrected chi connectivity index (χ1v) is 11.4. The zero-order valence-corrected chi connectivity index (χ0v) is 19.8. The van der Waals surface area contributed by atoms with Gasteiger partial charge in [-0.1, -0.05) is 12.2 Å². The van der Waals surface area contributed by atoms with Gasteiger partial charge in [-0.3, -0.25) is 10.1 Å². The van der Waals surface area contributed by atoms with Crippen LogP contribution in [0.15, 0.2) is 42.6 Å². The van der Waals surface area contributed by atoms with Crippen LogP contribution in [-0.4, -0.2) is 71.5 Å². The van der Waals surface area contributed by atoms with Crippen LogP contribution >= 0.6 is 0 Å². The lowest BCUT2D eigenvalue weighted by Gasteiger charge is -2.37. The lowest BCUT2D eigenvalue weighted by Crippen LogP contribution is -2.46. The molecule has 0 bridgehead atoms. The van der Waals surface area contributed by atoms with Crippen LogP contribution in [0.5, 0.6) is 0 Å². The highest BCUT2D eigenvalue weighted by molar-refractivity contribution is 5.90. The maximum atomic E-state index is 11.1. The lowest BCUT2D eigenvalue weighted by atomic mass is 10.1. The molecule has 0 spiro atoms. The molecule has 34 heavy (non-hydrogen) atoms. The van der Waals surface area contributed by atoms with Gasteiger partial charge in [0.05, 0.1) is 54.5 Å². The normalized spacial score (nSPS) is 21.9. The van der Waals surface area contributed by atoms with Crippen molar-refractivity contribution in [1.82, 2.24) is 15.0 Å². The van der Waals surface area contributed by atoms with Gasteiger partial charge >= 0.3 is 0 Å². The van der Waals surface area contributed by atoms with Crippen molar-refractivity contribution in [2.24, 2.45) is 0 Å². The topological polar surface area (TPSA) is 107 Å². The molecule has 2 saturated heterocycles. The van der Waals surface area contributed by atoms with E-state index in [2.05, 4.69) is 30.2 Å². The minimum absolute atomic E-state index is 0.131. The number of hydrogen-bond donors (Lipinski definition) is 0. The van der Waals surface area contributed by atoms with E-state index in [0.717, 1.165) is 17.7 Å². The minimum atomic E-state index is -0.511. The molecule has 0 saturated carbocycles. The molecule has 10 nitrogen and oxygen atoms in total. The summed E-state index contributed by atoms with van der Waals surface area (Å²) in [6.45, 7) is 13.5. The molecule has 2 aromatic heterocycles. The van der Waals surface area contributed by atoms with E-state index in [4.69, 9.17) is 24.4 Å². The van der Waals surface area contributed by atoms with Gasteiger partial charge in [0.25, 0.3) is 5.70 Å². The molecule has 4 rings (SSSR count). The van der Waals surface area contributed by atoms with Crippen molar-refractivity contribution in [1.29, 1.82) is 0 Å². The van der Waals surface area contributed by atoms with Gasteiger partial charge < -0.3 is 19.3 Å². The molecule has 0 unspecified atom stereocenters. The zero-order valence-electron chi connectivity index (χ0n) is 19.8. The Morgan fingerprint density at radius 1 is 1.12 bits per heavy atom. The zero-order chi connectivity index (χ0) is 24.2. The number of aromatic nitrogens is 3. The van der Waals surface area contributed by atoms with Gasteiger partial charge in [-0.15, -0.1) is 0 Å². The number of anilines is 2. The van der Waals surface area contributed by atoms with Crippen LogP contribution in [0.1, 0.15) is 26.5 Å². The lowest BCUT2D eigenvalue weighted by molar-refractivity contribution is -0.418. The monoisotopic (exact) mass is 466 g/mol. The third-order valence-corrected chi connectivity index (χ3v) is 5.99. The number of fused-ring (bicyclic) bond motifs is 1. The third kappa shape index (κ3) is 4.92. The van der Waals surface area contributed by atoms with Crippen molar-refractivity contribution < 1.29 is 14.4 Å². The van der Waals surface area contributed by atoms with E-state index in [9.17, 15) is 10.1 Å². The highest BCUT2D eigenvalue weighted by atomic mass is 16.6. The summed E-state index contributed by atoms with van der Waals surface area (Å²) in [4.78, 5) is 29.7. The van der Waals surface area contributed by atoms with Crippen molar-refractivity contribution in [3.05, 3.63) is 58.4 Å². The maximum Gasteiger partial charge on any atom is 0.262 e. The first kappa shape index (κ1) is 23.8. The fraction of sp³-hybridized carbons (Fsp3) is 0.458. The Kier molecular flexibility index (Phi) is 7.18. The number of nitro groups is 1. The average molecular weight is 467 g/mol. The molecule has 0 radical (unpaired) electrons. The SMILES string of the molecule is C=C(/C=C(\C=C/C)c1ccc2c(N3CCOC[C@@H]3C)nc(N3CCOC[C@@H]3C)nc2n1)[N+](=O)[O-]. The van der Waals surface area contributed by atoms with Gasteiger partial charge in [0.2, 0.25) is 5.95 Å². The predicted molar refractivity (Wildman–Crippen MR) is 132 cm³/mol. The number of nitrogens with zero attached hydrogens (tertiary/aromatic N) is 6. The molecule has 0 aliphatic carbocycles. The van der Waals surface area contributed by atoms with Crippen molar-refractivity contribution in [3.63, 3.8) is 0 Å². The van der Waals surface area contributed by atoms with Gasteiger partial charge in [0, 0.05) is 24.7 Å². The molecule has 2 aliphatic heterocycles. The average Bonchev–Trinajstić information content (AvgIpc) is 2.83. The van der Waals surface area contributed by atoms with Crippen LogP contribution in [0.3, 0.4) is 0 Å². The Hall–Kier alpha value is -3.37. The summed E-state index contributed by atoms with van der Waals surface area (Å²) >= 11 is 0. The minimum Gasteiger partial charge on any atom is -0.377 e. The summed E-state index contributed by atoms with van der Waals surface area (Å²) < 4.78 is 11.2. The predicted octanol–water partition coefficient (Wildman–Crippen LogP) is 3.22. The Labute approximate surface area is 198 Å². The van der Waals surface area contributed by atoms with Crippen molar-refractivity contribution in [2.45, 2.75) is 32.9 Å². The smallest absolute Gasteiger partial charge is 0.262 e.